The Hall–Kier alpha value is -3.59. The summed E-state index contributed by atoms with van der Waals surface area (Å²) in [5.74, 6) is -3.70. The molecule has 1 fully saturated rings. The summed E-state index contributed by atoms with van der Waals surface area (Å²) < 4.78 is 11.8. The molecule has 4 N–H and O–H groups in total. The first kappa shape index (κ1) is 45.6. The topological polar surface area (TPSA) is 178 Å². The zero-order valence-electron chi connectivity index (χ0n) is 33.6. The van der Waals surface area contributed by atoms with Gasteiger partial charge >= 0.3 is 5.97 Å². The molecule has 1 aliphatic rings. The van der Waals surface area contributed by atoms with Gasteiger partial charge in [-0.3, -0.25) is 24.1 Å². The minimum Gasteiger partial charge on any atom is -0.480 e. The third kappa shape index (κ3) is 12.2. The molecule has 2 rings (SSSR count). The lowest BCUT2D eigenvalue weighted by molar-refractivity contribution is -0.149. The van der Waals surface area contributed by atoms with Crippen LogP contribution in [0.25, 0.3) is 0 Å². The third-order valence-electron chi connectivity index (χ3n) is 10.7. The molecular weight excluding hydrogens is 682 g/mol. The lowest BCUT2D eigenvalue weighted by Gasteiger charge is -2.41. The molecule has 1 aromatic carbocycles. The Morgan fingerprint density at radius 2 is 1.57 bits per heavy atom. The molecule has 1 unspecified atom stereocenters. The Morgan fingerprint density at radius 3 is 2.06 bits per heavy atom. The second-order valence-corrected chi connectivity index (χ2v) is 15.1. The maximum Gasteiger partial charge on any atom is 0.326 e. The van der Waals surface area contributed by atoms with Crippen LogP contribution in [-0.4, -0.2) is 145 Å². The summed E-state index contributed by atoms with van der Waals surface area (Å²) in [5.41, 5.74) is 0.773. The van der Waals surface area contributed by atoms with E-state index in [-0.39, 0.29) is 36.5 Å². The van der Waals surface area contributed by atoms with Crippen LogP contribution >= 0.6 is 0 Å². The van der Waals surface area contributed by atoms with E-state index in [0.29, 0.717) is 25.8 Å². The monoisotopic (exact) mass is 747 g/mol. The van der Waals surface area contributed by atoms with Gasteiger partial charge in [-0.25, -0.2) is 4.79 Å². The minimum atomic E-state index is -1.22. The second-order valence-electron chi connectivity index (χ2n) is 15.1. The number of carboxylic acids is 1. The fraction of sp³-hybridized carbons (Fsp3) is 0.718. The molecule has 1 heterocycles. The number of methoxy groups -OCH3 is 2. The van der Waals surface area contributed by atoms with Crippen LogP contribution in [-0.2, 0) is 39.9 Å². The molecule has 4 amide bonds. The summed E-state index contributed by atoms with van der Waals surface area (Å²) in [4.78, 5) is 71.9. The predicted molar refractivity (Wildman–Crippen MR) is 202 cm³/mol. The number of aliphatic carboxylic acids is 1. The largest absolute Gasteiger partial charge is 0.480 e. The van der Waals surface area contributed by atoms with Crippen LogP contribution < -0.4 is 10.6 Å². The van der Waals surface area contributed by atoms with Gasteiger partial charge in [-0.2, -0.15) is 0 Å². The van der Waals surface area contributed by atoms with Gasteiger partial charge in [0.1, 0.15) is 12.1 Å². The first-order chi connectivity index (χ1) is 24.9. The summed E-state index contributed by atoms with van der Waals surface area (Å²) in [6.45, 7) is 11.3. The zero-order valence-corrected chi connectivity index (χ0v) is 33.6. The molecule has 0 aliphatic carbocycles. The van der Waals surface area contributed by atoms with Gasteiger partial charge in [0, 0.05) is 34.2 Å². The molecule has 14 nitrogen and oxygen atoms in total. The molecular formula is C39H65N5O9. The smallest absolute Gasteiger partial charge is 0.326 e. The molecule has 300 valence electrons. The molecule has 0 bridgehead atoms. The highest BCUT2D eigenvalue weighted by Crippen LogP contribution is 2.29. The molecule has 1 saturated heterocycles. The second kappa shape index (κ2) is 21.3. The minimum absolute atomic E-state index is 0.0463. The quantitative estimate of drug-likeness (QED) is 0.146. The number of hydrogen-bond acceptors (Lipinski definition) is 9. The molecule has 0 aromatic heterocycles. The number of rotatable bonds is 21. The van der Waals surface area contributed by atoms with Crippen LogP contribution in [0.15, 0.2) is 30.3 Å². The number of aliphatic hydroxyl groups excluding tert-OH is 1. The van der Waals surface area contributed by atoms with E-state index < -0.39 is 72.2 Å². The lowest BCUT2D eigenvalue weighted by atomic mass is 9.89. The Kier molecular flexibility index (Phi) is 18.3. The average Bonchev–Trinajstić information content (AvgIpc) is 3.59. The number of likely N-dealkylation sites (tertiary alicyclic amines) is 1. The van der Waals surface area contributed by atoms with Crippen molar-refractivity contribution in [2.45, 2.75) is 122 Å². The number of aliphatic hydroxyl groups is 1. The Balaban J connectivity index is 2.27. The molecule has 10 atom stereocenters. The van der Waals surface area contributed by atoms with Crippen molar-refractivity contribution in [1.29, 1.82) is 0 Å². The van der Waals surface area contributed by atoms with Crippen molar-refractivity contribution >= 4 is 29.6 Å². The van der Waals surface area contributed by atoms with E-state index in [9.17, 15) is 34.2 Å². The summed E-state index contributed by atoms with van der Waals surface area (Å²) in [7, 11) is 8.14. The number of hydrogen-bond donors (Lipinski definition) is 4. The van der Waals surface area contributed by atoms with Crippen LogP contribution in [0.5, 0.6) is 0 Å². The van der Waals surface area contributed by atoms with Crippen molar-refractivity contribution in [3.63, 3.8) is 0 Å². The summed E-state index contributed by atoms with van der Waals surface area (Å²) in [6.07, 6.45) is -0.675. The van der Waals surface area contributed by atoms with Crippen LogP contribution in [0.3, 0.4) is 0 Å². The number of ether oxygens (including phenoxy) is 2. The molecule has 1 aliphatic heterocycles. The van der Waals surface area contributed by atoms with E-state index in [1.165, 1.54) is 26.0 Å². The number of amides is 4. The van der Waals surface area contributed by atoms with E-state index >= 15 is 0 Å². The molecule has 1 aromatic rings. The third-order valence-corrected chi connectivity index (χ3v) is 10.7. The van der Waals surface area contributed by atoms with Crippen LogP contribution in [0.4, 0.5) is 0 Å². The molecule has 53 heavy (non-hydrogen) atoms. The van der Waals surface area contributed by atoms with E-state index in [1.54, 1.807) is 50.0 Å². The molecule has 0 saturated carbocycles. The highest BCUT2D eigenvalue weighted by molar-refractivity contribution is 5.90. The lowest BCUT2D eigenvalue weighted by Crippen LogP contribution is -2.61. The van der Waals surface area contributed by atoms with E-state index in [1.807, 2.05) is 45.9 Å². The van der Waals surface area contributed by atoms with Crippen molar-refractivity contribution in [1.82, 2.24) is 25.3 Å². The Morgan fingerprint density at radius 1 is 0.943 bits per heavy atom. The number of benzene rings is 1. The zero-order chi connectivity index (χ0) is 40.2. The molecule has 0 spiro atoms. The van der Waals surface area contributed by atoms with Gasteiger partial charge in [-0.05, 0) is 51.3 Å². The van der Waals surface area contributed by atoms with E-state index in [2.05, 4.69) is 10.6 Å². The summed E-state index contributed by atoms with van der Waals surface area (Å²) >= 11 is 0. The van der Waals surface area contributed by atoms with E-state index in [4.69, 9.17) is 9.47 Å². The fourth-order valence-electron chi connectivity index (χ4n) is 7.64. The van der Waals surface area contributed by atoms with Gasteiger partial charge < -0.3 is 40.1 Å². The van der Waals surface area contributed by atoms with Crippen molar-refractivity contribution in [3.05, 3.63) is 35.9 Å². The number of carboxylic acid groups (broad SMARTS) is 1. The first-order valence-corrected chi connectivity index (χ1v) is 18.7. The van der Waals surface area contributed by atoms with Gasteiger partial charge in [0.25, 0.3) is 0 Å². The maximum absolute atomic E-state index is 14.1. The number of nitrogens with one attached hydrogen (secondary N) is 2. The van der Waals surface area contributed by atoms with Crippen molar-refractivity contribution in [2.75, 3.05) is 41.9 Å². The van der Waals surface area contributed by atoms with Crippen molar-refractivity contribution < 1.29 is 43.7 Å². The van der Waals surface area contributed by atoms with Gasteiger partial charge in [-0.1, -0.05) is 71.4 Å². The van der Waals surface area contributed by atoms with Gasteiger partial charge in [0.2, 0.25) is 23.6 Å². The summed E-state index contributed by atoms with van der Waals surface area (Å²) in [5, 5.41) is 26.0. The standard InChI is InChI=1S/C39H65N5O9/c1-12-24(4)34(43(9)38(49)32(26(6)45)41-37(48)33(23(2)3)42(7)8)30(52-10)22-31(46)44-20-16-19-29(44)35(53-11)25(5)36(47)40-28(39(50)51)21-27-17-14-13-15-18-27/h13-15,17-18,23-26,28-30,32-35,45H,12,16,19-22H2,1-11H3,(H,40,47)(H,41,48)(H,50,51)/t24-,25+,26+,28-,29-,30+,32-,33?,34-,35+/m0/s1. The highest BCUT2D eigenvalue weighted by atomic mass is 16.5. The van der Waals surface area contributed by atoms with Crippen LogP contribution in [0.1, 0.15) is 72.8 Å². The maximum atomic E-state index is 14.1. The predicted octanol–water partition coefficient (Wildman–Crippen LogP) is 2.17. The normalized spacial score (nSPS) is 19.7. The molecule has 0 radical (unpaired) electrons. The number of carbonyl (C=O) groups excluding carboxylic acids is 4. The van der Waals surface area contributed by atoms with Crippen LogP contribution in [0, 0.1) is 17.8 Å². The average molecular weight is 748 g/mol. The van der Waals surface area contributed by atoms with Crippen LogP contribution in [0.2, 0.25) is 0 Å². The Bertz CT molecular complexity index is 1340. The van der Waals surface area contributed by atoms with E-state index in [0.717, 1.165) is 5.56 Å². The van der Waals surface area contributed by atoms with Gasteiger partial charge in [0.05, 0.1) is 48.8 Å². The van der Waals surface area contributed by atoms with Gasteiger partial charge in [-0.15, -0.1) is 0 Å². The van der Waals surface area contributed by atoms with Crippen molar-refractivity contribution in [2.24, 2.45) is 17.8 Å². The van der Waals surface area contributed by atoms with Gasteiger partial charge in [0.15, 0.2) is 0 Å². The van der Waals surface area contributed by atoms with Crippen molar-refractivity contribution in [3.8, 4) is 0 Å². The molecule has 14 heteroatoms. The first-order valence-electron chi connectivity index (χ1n) is 18.7. The SMILES string of the molecule is CC[C@H](C)[C@@H]([C@@H](CC(=O)N1CCC[C@H]1[C@H](OC)[C@@H](C)C(=O)N[C@@H](Cc1ccccc1)C(=O)O)OC)N(C)C(=O)[C@@H](NC(=O)C(C(C)C)N(C)C)[C@@H](C)O. The fourth-order valence-corrected chi connectivity index (χ4v) is 7.64. The summed E-state index contributed by atoms with van der Waals surface area (Å²) in [6, 6.07) is 5.13. The Labute approximate surface area is 315 Å². The number of nitrogens with zero attached hydrogens (tertiary/aromatic N) is 3. The number of likely N-dealkylation sites (N-methyl/N-ethyl adjacent to an activating group) is 2. The number of carbonyl (C=O) groups is 5. The highest BCUT2D eigenvalue weighted by Gasteiger charge is 2.43.